The second kappa shape index (κ2) is 5.72. The van der Waals surface area contributed by atoms with E-state index in [0.717, 1.165) is 19.3 Å². The third kappa shape index (κ3) is 2.85. The van der Waals surface area contributed by atoms with E-state index in [0.29, 0.717) is 12.0 Å². The number of amides is 2. The second-order valence-corrected chi connectivity index (χ2v) is 5.96. The molecule has 1 aliphatic heterocycles. The molecule has 0 aromatic rings. The Balaban J connectivity index is 2.13. The highest BCUT2D eigenvalue weighted by atomic mass is 16.2. The summed E-state index contributed by atoms with van der Waals surface area (Å²) >= 11 is 0. The lowest BCUT2D eigenvalue weighted by molar-refractivity contribution is -0.149. The third-order valence-corrected chi connectivity index (χ3v) is 4.00. The summed E-state index contributed by atoms with van der Waals surface area (Å²) < 4.78 is 0. The molecule has 1 unspecified atom stereocenters. The van der Waals surface area contributed by atoms with Gasteiger partial charge in [0.2, 0.25) is 11.8 Å². The fraction of sp³-hybridized carbons (Fsp3) is 0.857. The van der Waals surface area contributed by atoms with Crippen LogP contribution in [0, 0.1) is 5.92 Å². The molecule has 4 heteroatoms. The van der Waals surface area contributed by atoms with E-state index in [-0.39, 0.29) is 24.4 Å². The topological polar surface area (TPSA) is 49.4 Å². The van der Waals surface area contributed by atoms with Crippen LogP contribution >= 0.6 is 0 Å². The Kier molecular flexibility index (Phi) is 4.25. The van der Waals surface area contributed by atoms with Crippen molar-refractivity contribution in [3.63, 3.8) is 0 Å². The van der Waals surface area contributed by atoms with Gasteiger partial charge in [0.05, 0.1) is 6.54 Å². The van der Waals surface area contributed by atoms with Gasteiger partial charge in [0.25, 0.3) is 0 Å². The smallest absolute Gasteiger partial charge is 0.243 e. The van der Waals surface area contributed by atoms with Crippen molar-refractivity contribution in [3.8, 4) is 0 Å². The molecule has 0 bridgehead atoms. The zero-order chi connectivity index (χ0) is 13.1. The van der Waals surface area contributed by atoms with Crippen LogP contribution in [-0.2, 0) is 9.59 Å². The molecule has 1 saturated heterocycles. The molecule has 1 aliphatic carbocycles. The van der Waals surface area contributed by atoms with Crippen molar-refractivity contribution < 1.29 is 9.59 Å². The highest BCUT2D eigenvalue weighted by Gasteiger charge is 2.39. The van der Waals surface area contributed by atoms with Gasteiger partial charge in [0.1, 0.15) is 6.04 Å². The molecule has 2 amide bonds. The first-order chi connectivity index (χ1) is 8.59. The number of nitrogens with zero attached hydrogens (tertiary/aromatic N) is 1. The summed E-state index contributed by atoms with van der Waals surface area (Å²) in [6.45, 7) is 4.39. The lowest BCUT2D eigenvalue weighted by Gasteiger charge is -2.42. The highest BCUT2D eigenvalue weighted by Crippen LogP contribution is 2.27. The lowest BCUT2D eigenvalue weighted by Crippen LogP contribution is -2.62. The van der Waals surface area contributed by atoms with Crippen molar-refractivity contribution in [2.75, 3.05) is 6.54 Å². The van der Waals surface area contributed by atoms with Crippen LogP contribution in [0.2, 0.25) is 0 Å². The molecule has 2 aliphatic rings. The first-order valence-electron chi connectivity index (χ1n) is 7.18. The SMILES string of the molecule is CC(C)CC1C(=O)NCC(=O)N1C1CCCCC1. The summed E-state index contributed by atoms with van der Waals surface area (Å²) in [5.74, 6) is 0.568. The van der Waals surface area contributed by atoms with Crippen molar-refractivity contribution in [3.05, 3.63) is 0 Å². The molecule has 18 heavy (non-hydrogen) atoms. The number of piperazine rings is 1. The molecule has 1 N–H and O–H groups in total. The first kappa shape index (κ1) is 13.4. The Labute approximate surface area is 109 Å². The molecule has 1 atom stereocenters. The fourth-order valence-corrected chi connectivity index (χ4v) is 3.16. The molecule has 1 saturated carbocycles. The number of nitrogens with one attached hydrogen (secondary N) is 1. The summed E-state index contributed by atoms with van der Waals surface area (Å²) in [6.07, 6.45) is 6.53. The van der Waals surface area contributed by atoms with Gasteiger partial charge < -0.3 is 10.2 Å². The average Bonchev–Trinajstić information content (AvgIpc) is 2.35. The molecule has 0 aromatic heterocycles. The van der Waals surface area contributed by atoms with Crippen LogP contribution in [0.5, 0.6) is 0 Å². The molecule has 2 fully saturated rings. The summed E-state index contributed by atoms with van der Waals surface area (Å²) in [6, 6.07) is 0.0513. The van der Waals surface area contributed by atoms with Gasteiger partial charge in [-0.05, 0) is 25.2 Å². The molecular formula is C14H24N2O2. The van der Waals surface area contributed by atoms with Crippen molar-refractivity contribution in [1.82, 2.24) is 10.2 Å². The summed E-state index contributed by atoms with van der Waals surface area (Å²) in [5.41, 5.74) is 0. The maximum Gasteiger partial charge on any atom is 0.243 e. The normalized spacial score (nSPS) is 26.6. The number of carbonyl (C=O) groups excluding carboxylic acids is 2. The highest BCUT2D eigenvalue weighted by molar-refractivity contribution is 5.95. The van der Waals surface area contributed by atoms with E-state index >= 15 is 0 Å². The van der Waals surface area contributed by atoms with E-state index in [9.17, 15) is 9.59 Å². The monoisotopic (exact) mass is 252 g/mol. The predicted octanol–water partition coefficient (Wildman–Crippen LogP) is 1.69. The van der Waals surface area contributed by atoms with Crippen molar-refractivity contribution in [2.45, 2.75) is 64.5 Å². The van der Waals surface area contributed by atoms with Gasteiger partial charge in [-0.25, -0.2) is 0 Å². The molecule has 4 nitrogen and oxygen atoms in total. The Morgan fingerprint density at radius 2 is 1.89 bits per heavy atom. The van der Waals surface area contributed by atoms with Crippen molar-refractivity contribution in [1.29, 1.82) is 0 Å². The lowest BCUT2D eigenvalue weighted by atomic mass is 9.90. The number of rotatable bonds is 3. The molecule has 1 heterocycles. The Morgan fingerprint density at radius 3 is 2.50 bits per heavy atom. The van der Waals surface area contributed by atoms with Gasteiger partial charge >= 0.3 is 0 Å². The zero-order valence-corrected chi connectivity index (χ0v) is 11.4. The van der Waals surface area contributed by atoms with Gasteiger partial charge in [-0.2, -0.15) is 0 Å². The van der Waals surface area contributed by atoms with Crippen LogP contribution in [0.15, 0.2) is 0 Å². The standard InChI is InChI=1S/C14H24N2O2/c1-10(2)8-12-14(18)15-9-13(17)16(12)11-6-4-3-5-7-11/h10-12H,3-9H2,1-2H3,(H,15,18). The van der Waals surface area contributed by atoms with Crippen LogP contribution in [0.4, 0.5) is 0 Å². The second-order valence-electron chi connectivity index (χ2n) is 5.96. The number of hydrogen-bond acceptors (Lipinski definition) is 2. The Bertz CT molecular complexity index is 322. The fourth-order valence-electron chi connectivity index (χ4n) is 3.16. The van der Waals surface area contributed by atoms with Gasteiger partial charge in [-0.1, -0.05) is 33.1 Å². The average molecular weight is 252 g/mol. The van der Waals surface area contributed by atoms with Gasteiger partial charge in [0, 0.05) is 6.04 Å². The minimum absolute atomic E-state index is 0.0360. The van der Waals surface area contributed by atoms with Crippen LogP contribution < -0.4 is 5.32 Å². The van der Waals surface area contributed by atoms with Gasteiger partial charge in [-0.15, -0.1) is 0 Å². The van der Waals surface area contributed by atoms with Gasteiger partial charge in [0.15, 0.2) is 0 Å². The predicted molar refractivity (Wildman–Crippen MR) is 70.0 cm³/mol. The quantitative estimate of drug-likeness (QED) is 0.831. The van der Waals surface area contributed by atoms with E-state index in [2.05, 4.69) is 19.2 Å². The van der Waals surface area contributed by atoms with E-state index in [4.69, 9.17) is 0 Å². The van der Waals surface area contributed by atoms with E-state index < -0.39 is 0 Å². The minimum atomic E-state index is -0.241. The van der Waals surface area contributed by atoms with Gasteiger partial charge in [-0.3, -0.25) is 9.59 Å². The first-order valence-corrected chi connectivity index (χ1v) is 7.18. The number of hydrogen-bond donors (Lipinski definition) is 1. The Morgan fingerprint density at radius 1 is 1.22 bits per heavy atom. The van der Waals surface area contributed by atoms with Crippen LogP contribution in [0.3, 0.4) is 0 Å². The van der Waals surface area contributed by atoms with E-state index in [1.807, 2.05) is 4.90 Å². The third-order valence-electron chi connectivity index (χ3n) is 4.00. The van der Waals surface area contributed by atoms with Crippen LogP contribution in [0.1, 0.15) is 52.4 Å². The minimum Gasteiger partial charge on any atom is -0.345 e. The molecule has 0 spiro atoms. The summed E-state index contributed by atoms with van der Waals surface area (Å²) in [5, 5.41) is 2.73. The van der Waals surface area contributed by atoms with Crippen molar-refractivity contribution in [2.24, 2.45) is 5.92 Å². The summed E-state index contributed by atoms with van der Waals surface area (Å²) in [7, 11) is 0. The van der Waals surface area contributed by atoms with Crippen LogP contribution in [0.25, 0.3) is 0 Å². The van der Waals surface area contributed by atoms with E-state index in [1.165, 1.54) is 19.3 Å². The number of carbonyl (C=O) groups is 2. The van der Waals surface area contributed by atoms with E-state index in [1.54, 1.807) is 0 Å². The molecule has 102 valence electrons. The molecule has 0 radical (unpaired) electrons. The molecular weight excluding hydrogens is 228 g/mol. The summed E-state index contributed by atoms with van der Waals surface area (Å²) in [4.78, 5) is 26.1. The maximum atomic E-state index is 12.1. The zero-order valence-electron chi connectivity index (χ0n) is 11.4. The van der Waals surface area contributed by atoms with Crippen LogP contribution in [-0.4, -0.2) is 35.3 Å². The largest absolute Gasteiger partial charge is 0.345 e. The molecule has 0 aromatic carbocycles. The van der Waals surface area contributed by atoms with Crippen molar-refractivity contribution >= 4 is 11.8 Å². The molecule has 2 rings (SSSR count). The Hall–Kier alpha value is -1.06. The maximum absolute atomic E-state index is 12.1.